The molecule has 3 fully saturated rings. The summed E-state index contributed by atoms with van der Waals surface area (Å²) in [6.45, 7) is 3.13. The number of nitrogens with one attached hydrogen (secondary N) is 1. The van der Waals surface area contributed by atoms with Crippen LogP contribution >= 0.6 is 11.6 Å². The molecule has 1 saturated carbocycles. The Bertz CT molecular complexity index is 937. The summed E-state index contributed by atoms with van der Waals surface area (Å²) in [6, 6.07) is 8.20. The molecule has 3 heterocycles. The second-order valence-corrected chi connectivity index (χ2v) is 9.30. The Morgan fingerprint density at radius 2 is 1.84 bits per heavy atom. The predicted molar refractivity (Wildman–Crippen MR) is 116 cm³/mol. The van der Waals surface area contributed by atoms with Crippen LogP contribution in [-0.2, 0) is 9.53 Å². The van der Waals surface area contributed by atoms with Crippen LogP contribution in [0.25, 0.3) is 11.3 Å². The van der Waals surface area contributed by atoms with E-state index in [9.17, 15) is 9.18 Å². The van der Waals surface area contributed by atoms with Gasteiger partial charge < -0.3 is 15.0 Å². The van der Waals surface area contributed by atoms with E-state index in [2.05, 4.69) is 20.4 Å². The van der Waals surface area contributed by atoms with E-state index in [1.807, 2.05) is 6.07 Å². The van der Waals surface area contributed by atoms with Gasteiger partial charge >= 0.3 is 0 Å². The Morgan fingerprint density at radius 3 is 2.52 bits per heavy atom. The van der Waals surface area contributed by atoms with Gasteiger partial charge in [-0.05, 0) is 67.9 Å². The first kappa shape index (κ1) is 20.6. The molecule has 3 aliphatic rings. The minimum atomic E-state index is -0.356. The highest BCUT2D eigenvalue weighted by atomic mass is 35.5. The summed E-state index contributed by atoms with van der Waals surface area (Å²) < 4.78 is 18.9. The number of nitrogens with zero attached hydrogens (tertiary/aromatic N) is 3. The van der Waals surface area contributed by atoms with Crippen LogP contribution in [0.15, 0.2) is 30.3 Å². The van der Waals surface area contributed by atoms with E-state index >= 15 is 0 Å². The van der Waals surface area contributed by atoms with Crippen molar-refractivity contribution in [2.24, 2.45) is 17.8 Å². The zero-order valence-corrected chi connectivity index (χ0v) is 18.0. The summed E-state index contributed by atoms with van der Waals surface area (Å²) in [5.41, 5.74) is 1.08. The number of anilines is 1. The molecule has 6 nitrogen and oxygen atoms in total. The SMILES string of the molecule is O=C(C1CCOCC1)N1CC2CC(Nc3ccc(-c4cc(F)ccc4Cl)nn3)C[C@@H]2C1. The lowest BCUT2D eigenvalue weighted by Gasteiger charge is -2.27. The van der Waals surface area contributed by atoms with Crippen LogP contribution in [0.4, 0.5) is 10.2 Å². The van der Waals surface area contributed by atoms with E-state index in [-0.39, 0.29) is 11.7 Å². The van der Waals surface area contributed by atoms with Crippen molar-refractivity contribution in [1.29, 1.82) is 0 Å². The van der Waals surface area contributed by atoms with Gasteiger partial charge in [-0.1, -0.05) is 11.6 Å². The molecule has 0 radical (unpaired) electrons. The van der Waals surface area contributed by atoms with Crippen LogP contribution in [0.5, 0.6) is 0 Å². The van der Waals surface area contributed by atoms with Crippen LogP contribution in [0.2, 0.25) is 5.02 Å². The summed E-state index contributed by atoms with van der Waals surface area (Å²) in [5.74, 6) is 1.89. The van der Waals surface area contributed by atoms with E-state index in [0.29, 0.717) is 59.1 Å². The number of carbonyl (C=O) groups excluding carboxylic acids is 1. The molecular formula is C23H26ClFN4O2. The summed E-state index contributed by atoms with van der Waals surface area (Å²) in [7, 11) is 0. The lowest BCUT2D eigenvalue weighted by molar-refractivity contribution is -0.137. The number of fused-ring (bicyclic) bond motifs is 1. The first-order chi connectivity index (χ1) is 15.1. The van der Waals surface area contributed by atoms with Gasteiger partial charge in [0.15, 0.2) is 0 Å². The molecule has 31 heavy (non-hydrogen) atoms. The zero-order chi connectivity index (χ0) is 21.4. The molecule has 1 N–H and O–H groups in total. The second-order valence-electron chi connectivity index (χ2n) is 8.89. The molecule has 1 amide bonds. The molecule has 1 aromatic heterocycles. The Morgan fingerprint density at radius 1 is 1.10 bits per heavy atom. The summed E-state index contributed by atoms with van der Waals surface area (Å²) in [4.78, 5) is 14.9. The highest BCUT2D eigenvalue weighted by Crippen LogP contribution is 2.40. The van der Waals surface area contributed by atoms with E-state index in [0.717, 1.165) is 38.8 Å². The van der Waals surface area contributed by atoms with Crippen molar-refractivity contribution in [2.75, 3.05) is 31.6 Å². The van der Waals surface area contributed by atoms with E-state index in [4.69, 9.17) is 16.3 Å². The largest absolute Gasteiger partial charge is 0.381 e. The quantitative estimate of drug-likeness (QED) is 0.771. The van der Waals surface area contributed by atoms with Crippen LogP contribution in [0.3, 0.4) is 0 Å². The van der Waals surface area contributed by atoms with Gasteiger partial charge in [0.2, 0.25) is 5.91 Å². The normalized spacial score (nSPS) is 26.1. The average molecular weight is 445 g/mol. The number of hydrogen-bond donors (Lipinski definition) is 1. The number of carbonyl (C=O) groups is 1. The Labute approximate surface area is 186 Å². The average Bonchev–Trinajstić information content (AvgIpc) is 3.35. The van der Waals surface area contributed by atoms with Crippen molar-refractivity contribution in [1.82, 2.24) is 15.1 Å². The standard InChI is InChI=1S/C23H26ClFN4O2/c24-20-2-1-17(25)11-19(20)21-3-4-22(28-27-21)26-18-9-15-12-29(13-16(15)10-18)23(30)14-5-7-31-8-6-14/h1-4,11,14-16,18H,5-10,12-13H2,(H,26,28)/t15-,16?,18?/m1/s1. The zero-order valence-electron chi connectivity index (χ0n) is 17.3. The molecule has 1 aromatic carbocycles. The molecule has 2 unspecified atom stereocenters. The van der Waals surface area contributed by atoms with Gasteiger partial charge in [-0.2, -0.15) is 0 Å². The van der Waals surface area contributed by atoms with E-state index in [1.54, 1.807) is 6.07 Å². The Hall–Kier alpha value is -2.25. The highest BCUT2D eigenvalue weighted by Gasteiger charge is 2.43. The monoisotopic (exact) mass is 444 g/mol. The van der Waals surface area contributed by atoms with Gasteiger partial charge in [0.1, 0.15) is 11.6 Å². The number of benzene rings is 1. The molecule has 1 aliphatic carbocycles. The molecule has 5 rings (SSSR count). The van der Waals surface area contributed by atoms with Gasteiger partial charge in [-0.25, -0.2) is 4.39 Å². The maximum absolute atomic E-state index is 13.5. The van der Waals surface area contributed by atoms with Gasteiger partial charge in [0.25, 0.3) is 0 Å². The molecule has 0 spiro atoms. The summed E-state index contributed by atoms with van der Waals surface area (Å²) in [6.07, 6.45) is 3.76. The summed E-state index contributed by atoms with van der Waals surface area (Å²) >= 11 is 6.16. The molecule has 3 atom stereocenters. The minimum absolute atomic E-state index is 0.141. The number of likely N-dealkylation sites (tertiary alicyclic amines) is 1. The molecule has 2 saturated heterocycles. The van der Waals surface area contributed by atoms with Crippen molar-refractivity contribution >= 4 is 23.3 Å². The fourth-order valence-electron chi connectivity index (χ4n) is 5.26. The molecule has 8 heteroatoms. The third-order valence-electron chi connectivity index (χ3n) is 6.85. The van der Waals surface area contributed by atoms with Gasteiger partial charge in [-0.3, -0.25) is 4.79 Å². The first-order valence-electron chi connectivity index (χ1n) is 11.0. The van der Waals surface area contributed by atoms with Crippen LogP contribution in [0.1, 0.15) is 25.7 Å². The smallest absolute Gasteiger partial charge is 0.225 e. The van der Waals surface area contributed by atoms with Gasteiger partial charge in [-0.15, -0.1) is 10.2 Å². The van der Waals surface area contributed by atoms with Crippen molar-refractivity contribution in [2.45, 2.75) is 31.7 Å². The van der Waals surface area contributed by atoms with Crippen molar-refractivity contribution in [3.63, 3.8) is 0 Å². The third-order valence-corrected chi connectivity index (χ3v) is 7.18. The van der Waals surface area contributed by atoms with E-state index in [1.165, 1.54) is 18.2 Å². The lowest BCUT2D eigenvalue weighted by atomic mass is 9.98. The maximum Gasteiger partial charge on any atom is 0.225 e. The van der Waals surface area contributed by atoms with Crippen LogP contribution in [-0.4, -0.2) is 53.3 Å². The fraction of sp³-hybridized carbons (Fsp3) is 0.522. The van der Waals surface area contributed by atoms with Gasteiger partial charge in [0.05, 0.1) is 10.7 Å². The molecule has 2 aliphatic heterocycles. The van der Waals surface area contributed by atoms with E-state index < -0.39 is 0 Å². The van der Waals surface area contributed by atoms with Crippen molar-refractivity contribution in [3.05, 3.63) is 41.2 Å². The minimum Gasteiger partial charge on any atom is -0.381 e. The van der Waals surface area contributed by atoms with Crippen LogP contribution < -0.4 is 5.32 Å². The summed E-state index contributed by atoms with van der Waals surface area (Å²) in [5, 5.41) is 12.4. The number of rotatable bonds is 4. The molecule has 0 bridgehead atoms. The third kappa shape index (κ3) is 4.39. The maximum atomic E-state index is 13.5. The Balaban J connectivity index is 1.16. The number of aromatic nitrogens is 2. The molecule has 164 valence electrons. The number of hydrogen-bond acceptors (Lipinski definition) is 5. The van der Waals surface area contributed by atoms with Crippen molar-refractivity contribution < 1.29 is 13.9 Å². The second kappa shape index (κ2) is 8.71. The molecular weight excluding hydrogens is 419 g/mol. The van der Waals surface area contributed by atoms with Crippen LogP contribution in [0, 0.1) is 23.6 Å². The number of amides is 1. The number of ether oxygens (including phenoxy) is 1. The fourth-order valence-corrected chi connectivity index (χ4v) is 5.47. The topological polar surface area (TPSA) is 67.3 Å². The first-order valence-corrected chi connectivity index (χ1v) is 11.4. The molecule has 2 aromatic rings. The lowest BCUT2D eigenvalue weighted by Crippen LogP contribution is -2.38. The van der Waals surface area contributed by atoms with Crippen molar-refractivity contribution in [3.8, 4) is 11.3 Å². The predicted octanol–water partition coefficient (Wildman–Crippen LogP) is 4.01. The van der Waals surface area contributed by atoms with Gasteiger partial charge in [0, 0.05) is 43.8 Å². The number of halogens is 2. The Kier molecular flexibility index (Phi) is 5.80. The highest BCUT2D eigenvalue weighted by molar-refractivity contribution is 6.33.